The zero-order valence-corrected chi connectivity index (χ0v) is 31.3. The first-order chi connectivity index (χ1) is 28.7. The fourth-order valence-electron chi connectivity index (χ4n) is 8.93. The molecule has 0 amide bonds. The first kappa shape index (κ1) is 33.5. The summed E-state index contributed by atoms with van der Waals surface area (Å²) in [5.41, 5.74) is 16.0. The van der Waals surface area contributed by atoms with Crippen LogP contribution >= 0.6 is 0 Å². The standard InChI is InChI=1S/C54H33N3O/c55-34-35-12-11-17-40(30-35)42-27-29-52-48(32-42)54(45-20-9-7-18-43(45)44-19-8-10-21-46(44)54)47-31-41(26-28-51(47)58-52)36-22-24-38(25-23-36)50-33-49(37-13-3-1-4-14-37)56-53(57-50)39-15-5-2-6-16-39/h1-33H. The van der Waals surface area contributed by atoms with Crippen LogP contribution in [0.3, 0.4) is 0 Å². The number of rotatable bonds is 5. The van der Waals surface area contributed by atoms with Gasteiger partial charge in [0.25, 0.3) is 0 Å². The molecule has 0 saturated heterocycles. The van der Waals surface area contributed by atoms with E-state index < -0.39 is 5.41 Å². The molecular weight excluding hydrogens is 707 g/mol. The number of hydrogen-bond acceptors (Lipinski definition) is 4. The van der Waals surface area contributed by atoms with Crippen molar-refractivity contribution in [3.63, 3.8) is 0 Å². The Balaban J connectivity index is 1.06. The molecule has 0 bridgehead atoms. The molecular formula is C54H33N3O. The van der Waals surface area contributed by atoms with E-state index in [-0.39, 0.29) is 0 Å². The molecule has 2 aliphatic rings. The Bertz CT molecular complexity index is 2990. The molecule has 1 aromatic heterocycles. The average molecular weight is 740 g/mol. The van der Waals surface area contributed by atoms with Crippen molar-refractivity contribution >= 4 is 0 Å². The van der Waals surface area contributed by atoms with Gasteiger partial charge in [-0.25, -0.2) is 9.97 Å². The van der Waals surface area contributed by atoms with Crippen molar-refractivity contribution in [1.29, 1.82) is 5.26 Å². The highest BCUT2D eigenvalue weighted by Gasteiger charge is 2.51. The summed E-state index contributed by atoms with van der Waals surface area (Å²) in [6.45, 7) is 0. The molecule has 11 rings (SSSR count). The van der Waals surface area contributed by atoms with E-state index in [0.29, 0.717) is 11.4 Å². The van der Waals surface area contributed by atoms with Crippen molar-refractivity contribution in [2.24, 2.45) is 0 Å². The lowest BCUT2D eigenvalue weighted by molar-refractivity contribution is 0.436. The van der Waals surface area contributed by atoms with Crippen LogP contribution in [0.2, 0.25) is 0 Å². The summed E-state index contributed by atoms with van der Waals surface area (Å²) < 4.78 is 6.83. The quantitative estimate of drug-likeness (QED) is 0.176. The zero-order valence-electron chi connectivity index (χ0n) is 31.3. The first-order valence-corrected chi connectivity index (χ1v) is 19.4. The first-order valence-electron chi connectivity index (χ1n) is 19.4. The molecule has 0 unspecified atom stereocenters. The number of hydrogen-bond donors (Lipinski definition) is 0. The predicted molar refractivity (Wildman–Crippen MR) is 231 cm³/mol. The maximum absolute atomic E-state index is 9.72. The Morgan fingerprint density at radius 1 is 0.379 bits per heavy atom. The fourth-order valence-corrected chi connectivity index (χ4v) is 8.93. The number of benzene rings is 8. The number of nitrogens with zero attached hydrogens (tertiary/aromatic N) is 3. The molecule has 58 heavy (non-hydrogen) atoms. The molecule has 1 aliphatic heterocycles. The Hall–Kier alpha value is -7.87. The summed E-state index contributed by atoms with van der Waals surface area (Å²) in [5, 5.41) is 9.72. The van der Waals surface area contributed by atoms with E-state index in [1.807, 2.05) is 54.6 Å². The van der Waals surface area contributed by atoms with Crippen LogP contribution in [0.1, 0.15) is 27.8 Å². The van der Waals surface area contributed by atoms with Gasteiger partial charge in [-0.1, -0.05) is 158 Å². The van der Waals surface area contributed by atoms with Crippen LogP contribution in [-0.4, -0.2) is 9.97 Å². The lowest BCUT2D eigenvalue weighted by Crippen LogP contribution is -2.32. The van der Waals surface area contributed by atoms with E-state index in [2.05, 4.69) is 152 Å². The summed E-state index contributed by atoms with van der Waals surface area (Å²) in [6.07, 6.45) is 0. The highest BCUT2D eigenvalue weighted by molar-refractivity contribution is 5.90. The SMILES string of the molecule is N#Cc1cccc(-c2ccc3c(c2)C2(c4cc(-c5ccc(-c6cc(-c7ccccc7)nc(-c7ccccc7)n6)cc5)ccc4O3)c3ccccc3-c3ccccc32)c1. The van der Waals surface area contributed by atoms with Crippen molar-refractivity contribution in [3.05, 3.63) is 228 Å². The van der Waals surface area contributed by atoms with Crippen LogP contribution in [0.5, 0.6) is 11.5 Å². The largest absolute Gasteiger partial charge is 0.457 e. The summed E-state index contributed by atoms with van der Waals surface area (Å²) in [5.74, 6) is 2.35. The second-order valence-corrected chi connectivity index (χ2v) is 14.8. The second-order valence-electron chi connectivity index (χ2n) is 14.8. The Morgan fingerprint density at radius 2 is 0.845 bits per heavy atom. The highest BCUT2D eigenvalue weighted by atomic mass is 16.5. The Morgan fingerprint density at radius 3 is 1.45 bits per heavy atom. The van der Waals surface area contributed by atoms with Gasteiger partial charge in [0.05, 0.1) is 28.4 Å². The topological polar surface area (TPSA) is 58.8 Å². The van der Waals surface area contributed by atoms with E-state index in [9.17, 15) is 5.26 Å². The molecule has 0 saturated carbocycles. The van der Waals surface area contributed by atoms with Crippen LogP contribution in [0.15, 0.2) is 200 Å². The molecule has 4 nitrogen and oxygen atoms in total. The van der Waals surface area contributed by atoms with E-state index in [1.54, 1.807) is 0 Å². The summed E-state index contributed by atoms with van der Waals surface area (Å²) in [4.78, 5) is 10.0. The summed E-state index contributed by atoms with van der Waals surface area (Å²) in [6, 6.07) is 71.9. The average Bonchev–Trinajstić information content (AvgIpc) is 3.60. The third kappa shape index (κ3) is 5.29. The number of fused-ring (bicyclic) bond motifs is 9. The lowest BCUT2D eigenvalue weighted by Gasteiger charge is -2.40. The minimum absolute atomic E-state index is 0.631. The summed E-state index contributed by atoms with van der Waals surface area (Å²) >= 11 is 0. The maximum Gasteiger partial charge on any atom is 0.160 e. The molecule has 0 radical (unpaired) electrons. The number of nitriles is 1. The van der Waals surface area contributed by atoms with Gasteiger partial charge in [0.2, 0.25) is 0 Å². The van der Waals surface area contributed by atoms with Crippen molar-refractivity contribution < 1.29 is 4.74 Å². The van der Waals surface area contributed by atoms with Gasteiger partial charge in [0.15, 0.2) is 5.82 Å². The molecule has 0 fully saturated rings. The fraction of sp³-hybridized carbons (Fsp3) is 0.0185. The molecule has 1 spiro atoms. The van der Waals surface area contributed by atoms with Crippen LogP contribution < -0.4 is 4.74 Å². The van der Waals surface area contributed by atoms with Gasteiger partial charge < -0.3 is 4.74 Å². The molecule has 9 aromatic rings. The van der Waals surface area contributed by atoms with Gasteiger partial charge in [-0.3, -0.25) is 0 Å². The monoisotopic (exact) mass is 739 g/mol. The normalized spacial score (nSPS) is 12.7. The lowest BCUT2D eigenvalue weighted by atomic mass is 9.65. The van der Waals surface area contributed by atoms with Crippen molar-refractivity contribution in [2.75, 3.05) is 0 Å². The third-order valence-corrected chi connectivity index (χ3v) is 11.6. The molecule has 0 atom stereocenters. The van der Waals surface area contributed by atoms with Crippen LogP contribution in [0.25, 0.3) is 67.3 Å². The van der Waals surface area contributed by atoms with Gasteiger partial charge in [-0.05, 0) is 87.0 Å². The Labute approximate surface area is 337 Å². The van der Waals surface area contributed by atoms with Gasteiger partial charge in [0.1, 0.15) is 11.5 Å². The van der Waals surface area contributed by atoms with Gasteiger partial charge in [-0.2, -0.15) is 5.26 Å². The second kappa shape index (κ2) is 13.4. The van der Waals surface area contributed by atoms with Crippen molar-refractivity contribution in [1.82, 2.24) is 9.97 Å². The molecule has 2 heterocycles. The van der Waals surface area contributed by atoms with E-state index in [4.69, 9.17) is 14.7 Å². The molecule has 8 aromatic carbocycles. The van der Waals surface area contributed by atoms with E-state index >= 15 is 0 Å². The highest BCUT2D eigenvalue weighted by Crippen LogP contribution is 2.62. The number of aromatic nitrogens is 2. The molecule has 4 heteroatoms. The van der Waals surface area contributed by atoms with Gasteiger partial charge in [0, 0.05) is 27.8 Å². The Kier molecular flexibility index (Phi) is 7.74. The third-order valence-electron chi connectivity index (χ3n) is 11.6. The predicted octanol–water partition coefficient (Wildman–Crippen LogP) is 13.2. The van der Waals surface area contributed by atoms with Gasteiger partial charge >= 0.3 is 0 Å². The summed E-state index contributed by atoms with van der Waals surface area (Å²) in [7, 11) is 0. The minimum atomic E-state index is -0.641. The van der Waals surface area contributed by atoms with Crippen LogP contribution in [-0.2, 0) is 5.41 Å². The maximum atomic E-state index is 9.72. The zero-order chi connectivity index (χ0) is 38.6. The molecule has 270 valence electrons. The smallest absolute Gasteiger partial charge is 0.160 e. The van der Waals surface area contributed by atoms with Gasteiger partial charge in [-0.15, -0.1) is 0 Å². The molecule has 0 N–H and O–H groups in total. The van der Waals surface area contributed by atoms with Crippen LogP contribution in [0.4, 0.5) is 0 Å². The minimum Gasteiger partial charge on any atom is -0.457 e. The molecule has 1 aliphatic carbocycles. The van der Waals surface area contributed by atoms with Crippen molar-refractivity contribution in [2.45, 2.75) is 5.41 Å². The van der Waals surface area contributed by atoms with Crippen LogP contribution in [0, 0.1) is 11.3 Å². The van der Waals surface area contributed by atoms with Crippen molar-refractivity contribution in [3.8, 4) is 84.9 Å². The van der Waals surface area contributed by atoms with E-state index in [0.717, 1.165) is 73.0 Å². The van der Waals surface area contributed by atoms with E-state index in [1.165, 1.54) is 22.3 Å². The number of ether oxygens (including phenoxy) is 1.